The standard InChI is InChI=1S/C17H34O4Si.C13H22O5.2C12H20O6.C11H20O4.C10H18O5.C6H15ClSi.CH4/c1-10-12(21-22(8,9)16(3,4)5)13-11(2)14-15(18-13)20-17(6,7)19-14;1-7-9(8-6-14-12(2,3)16-8)15-11-10(7)17-13(4,5)18-11;2*1-11(2)14-5-6(16-11)8-7(13)9-10(15-8)18-12(3,4)17-9;1-5-7(12)8-6(2)9-10(13-8)15-11(3,4)14-9;1-5-7(6(12)4-11)13-9-8(5)14-10(2,3)15-9;1-6(2,3)8(4,5)7;/h11-15H,10H2,1-9H3;7-11H,6H2,1-5H3;2*6-10,13H,5H2,1-4H3;6-10,12H,5H2,1-4H3;5-9,11-12H,4H2,1-3H3;1-5H3;1H4/t11-,12-,13+,14-,15-;7-,8-,9+,10-,11-;6-,7+,8-,9-,10-;6-,7-,8-,9-,10-;6-,7-,8+,9-,10-;5-,6-,7+,8-,9-;;/m111111../s1. The number of fused-ring (bicyclic) bond motifs is 6. The largest absolute Gasteiger partial charge is 0.411 e. The number of aliphatic hydroxyl groups excluding tert-OH is 5. The minimum atomic E-state index is -1.81. The average Bonchev–Trinajstić information content (AvgIpc) is 1.65. The van der Waals surface area contributed by atoms with Crippen LogP contribution in [-0.4, -0.2) is 280 Å². The lowest BCUT2D eigenvalue weighted by Gasteiger charge is -2.41. The van der Waals surface area contributed by atoms with E-state index in [-0.39, 0.29) is 129 Å². The molecule has 0 unspecified atom stereocenters. The second-order valence-electron chi connectivity index (χ2n) is 40.2. The predicted octanol–water partition coefficient (Wildman–Crippen LogP) is 11.7. The molecule has 5 N–H and O–H groups in total. The molecular weight excluding hydrogens is 1560 g/mol. The van der Waals surface area contributed by atoms with E-state index in [0.717, 1.165) is 6.42 Å². The molecule has 0 aromatic rings. The Balaban J connectivity index is 0.000000170. The van der Waals surface area contributed by atoms with Gasteiger partial charge in [0.2, 0.25) is 0 Å². The number of hydrogen-bond acceptors (Lipinski definition) is 30. The molecule has 0 radical (unpaired) electrons. The van der Waals surface area contributed by atoms with Crippen LogP contribution in [-0.2, 0) is 118 Å². The third-order valence-corrected chi connectivity index (χ3v) is 33.9. The van der Waals surface area contributed by atoms with Gasteiger partial charge in [-0.2, -0.15) is 11.1 Å². The van der Waals surface area contributed by atoms with Gasteiger partial charge < -0.3 is 144 Å². The molecule has 30 nitrogen and oxygen atoms in total. The zero-order chi connectivity index (χ0) is 85.7. The molecule has 33 heteroatoms. The molecule has 676 valence electrons. The van der Waals surface area contributed by atoms with Crippen LogP contribution in [0, 0.1) is 23.7 Å². The maximum atomic E-state index is 10.3. The smallest absolute Gasteiger partial charge is 0.192 e. The molecule has 115 heavy (non-hydrogen) atoms. The van der Waals surface area contributed by atoms with E-state index in [0.29, 0.717) is 31.3 Å². The van der Waals surface area contributed by atoms with Crippen molar-refractivity contribution < 1.29 is 144 Å². The Morgan fingerprint density at radius 3 is 0.870 bits per heavy atom. The summed E-state index contributed by atoms with van der Waals surface area (Å²) in [4.78, 5) is 0. The van der Waals surface area contributed by atoms with Gasteiger partial charge in [-0.15, -0.1) is 0 Å². The van der Waals surface area contributed by atoms with Crippen LogP contribution in [0.4, 0.5) is 0 Å². The summed E-state index contributed by atoms with van der Waals surface area (Å²) >= 11 is 6.15. The van der Waals surface area contributed by atoms with Crippen LogP contribution in [0.15, 0.2) is 0 Å². The van der Waals surface area contributed by atoms with Crippen LogP contribution in [0.1, 0.15) is 228 Å². The fourth-order valence-electron chi connectivity index (χ4n) is 16.0. The van der Waals surface area contributed by atoms with E-state index in [9.17, 15) is 20.4 Å². The van der Waals surface area contributed by atoms with Crippen LogP contribution in [0.2, 0.25) is 36.3 Å². The molecule has 0 bridgehead atoms. The van der Waals surface area contributed by atoms with Crippen molar-refractivity contribution in [3.05, 3.63) is 0 Å². The summed E-state index contributed by atoms with van der Waals surface area (Å²) < 4.78 is 144. The van der Waals surface area contributed by atoms with E-state index < -0.39 is 142 Å². The van der Waals surface area contributed by atoms with Crippen molar-refractivity contribution >= 4 is 26.8 Å². The van der Waals surface area contributed by atoms with Crippen LogP contribution in [0.5, 0.6) is 0 Å². The van der Waals surface area contributed by atoms with Crippen molar-refractivity contribution in [2.24, 2.45) is 23.7 Å². The topological polar surface area (TPSA) is 332 Å². The first-order valence-electron chi connectivity index (χ1n) is 41.6. The van der Waals surface area contributed by atoms with Crippen LogP contribution in [0.3, 0.4) is 0 Å². The zero-order valence-electron chi connectivity index (χ0n) is 74.9. The van der Waals surface area contributed by atoms with E-state index >= 15 is 0 Å². The molecule has 15 saturated heterocycles. The molecule has 0 amide bonds. The summed E-state index contributed by atoms with van der Waals surface area (Å²) in [5, 5.41) is 49.2. The summed E-state index contributed by atoms with van der Waals surface area (Å²) in [6, 6.07) is 0. The SMILES string of the molecule is C.CC(C)(C)[Si](C)(C)Cl.CC1(C)O[C@H]2O[C@H]([C@H]3COC(C)(C)O3)[C@@H](O)[C@H]2O1.CC1(C)O[C@H]2O[C@H]([C@H]3COC(C)(C)O3)[C@H](O)[C@H]2O1.CC[C@@H](O)[C@H]1O[C@@H]2OC(C)(C)O[C@@H]2[C@@H]1C.CC[C@@H](O[Si](C)(C)C(C)(C)C)[C@H]1O[C@@H]2OC(C)(C)O[C@@H]2[C@@H]1C.C[C@H]1[C@H]2OC(C)(C)O[C@H]2O[C@@H]1[C@H](O)CO.C[C@H]1[C@H]2OC(C)(C)O[C@H]2O[C@@H]1[C@H]1COC(C)(C)O1. The first kappa shape index (κ1) is 99.9. The van der Waals surface area contributed by atoms with Crippen LogP contribution in [0.25, 0.3) is 0 Å². The molecule has 0 aromatic heterocycles. The first-order chi connectivity index (χ1) is 51.8. The predicted molar refractivity (Wildman–Crippen MR) is 427 cm³/mol. The normalized spacial score (nSPS) is 43.0. The number of ether oxygens (including phenoxy) is 24. The molecular formula is C82H153ClO30Si2. The Bertz CT molecular complexity index is 2870. The Kier molecular flexibility index (Phi) is 31.7. The molecule has 0 aromatic carbocycles. The van der Waals surface area contributed by atoms with Gasteiger partial charge in [-0.25, -0.2) is 0 Å². The highest BCUT2D eigenvalue weighted by Gasteiger charge is 2.63. The zero-order valence-corrected chi connectivity index (χ0v) is 77.6. The minimum absolute atomic E-state index is 0. The molecule has 0 saturated carbocycles. The van der Waals surface area contributed by atoms with Crippen molar-refractivity contribution in [3.8, 4) is 0 Å². The second kappa shape index (κ2) is 36.5. The highest BCUT2D eigenvalue weighted by Crippen LogP contribution is 2.50. The monoisotopic (exact) mass is 1710 g/mol. The molecule has 0 spiro atoms. The summed E-state index contributed by atoms with van der Waals surface area (Å²) in [6.07, 6.45) is -6.73. The number of rotatable bonds is 11. The Hall–Kier alpha value is -0.476. The maximum absolute atomic E-state index is 10.3. The highest BCUT2D eigenvalue weighted by molar-refractivity contribution is 7.20. The lowest BCUT2D eigenvalue weighted by Crippen LogP contribution is -2.48. The fourth-order valence-corrected chi connectivity index (χ4v) is 17.4. The summed E-state index contributed by atoms with van der Waals surface area (Å²) in [5.41, 5.74) is 0. The van der Waals surface area contributed by atoms with E-state index in [4.69, 9.17) is 134 Å². The molecule has 0 aliphatic carbocycles. The molecule has 15 heterocycles. The third kappa shape index (κ3) is 24.2. The first-order valence-corrected chi connectivity index (χ1v) is 48.5. The fraction of sp³-hybridized carbons (Fsp3) is 1.00. The summed E-state index contributed by atoms with van der Waals surface area (Å²) in [5.74, 6) is -4.81. The quantitative estimate of drug-likeness (QED) is 0.0947. The van der Waals surface area contributed by atoms with Gasteiger partial charge in [-0.1, -0.05) is 104 Å². The van der Waals surface area contributed by atoms with Crippen LogP contribution >= 0.6 is 11.1 Å². The number of halogens is 1. The van der Waals surface area contributed by atoms with E-state index in [1.165, 1.54) is 0 Å². The Morgan fingerprint density at radius 2 is 0.617 bits per heavy atom. The van der Waals surface area contributed by atoms with E-state index in [2.05, 4.69) is 88.5 Å². The van der Waals surface area contributed by atoms with E-state index in [1.807, 2.05) is 118 Å². The third-order valence-electron chi connectivity index (χ3n) is 24.1. The summed E-state index contributed by atoms with van der Waals surface area (Å²) in [7, 11) is -3.20. The van der Waals surface area contributed by atoms with Crippen molar-refractivity contribution in [1.29, 1.82) is 0 Å². The Labute approximate surface area is 693 Å². The lowest BCUT2D eigenvalue weighted by molar-refractivity contribution is -0.232. The average molecular weight is 1710 g/mol. The van der Waals surface area contributed by atoms with Crippen molar-refractivity contribution in [2.75, 3.05) is 26.4 Å². The van der Waals surface area contributed by atoms with Gasteiger partial charge in [0, 0.05) is 23.7 Å². The molecule has 15 aliphatic rings. The van der Waals surface area contributed by atoms with Crippen molar-refractivity contribution in [3.63, 3.8) is 0 Å². The maximum Gasteiger partial charge on any atom is 0.192 e. The molecule has 30 atom stereocenters. The van der Waals surface area contributed by atoms with Gasteiger partial charge in [0.05, 0.1) is 63.1 Å². The van der Waals surface area contributed by atoms with Crippen molar-refractivity contribution in [2.45, 2.75) is 476 Å². The van der Waals surface area contributed by atoms with Gasteiger partial charge in [-0.3, -0.25) is 0 Å². The van der Waals surface area contributed by atoms with Gasteiger partial charge in [-0.05, 0) is 161 Å². The highest BCUT2D eigenvalue weighted by atomic mass is 35.6. The Morgan fingerprint density at radius 1 is 0.357 bits per heavy atom. The van der Waals surface area contributed by atoms with E-state index in [1.54, 1.807) is 27.7 Å². The minimum Gasteiger partial charge on any atom is -0.411 e. The molecule has 15 aliphatic heterocycles. The molecule has 15 fully saturated rings. The van der Waals surface area contributed by atoms with Gasteiger partial charge >= 0.3 is 0 Å². The number of hydrogen-bond donors (Lipinski definition) is 5. The summed E-state index contributed by atoms with van der Waals surface area (Å²) in [6.45, 7) is 69.4. The number of aliphatic hydroxyl groups is 5. The second-order valence-corrected chi connectivity index (χ2v) is 52.2. The molecule has 15 rings (SSSR count). The van der Waals surface area contributed by atoms with Crippen LogP contribution < -0.4 is 0 Å². The van der Waals surface area contributed by atoms with Gasteiger partial charge in [0.15, 0.2) is 106 Å². The van der Waals surface area contributed by atoms with Gasteiger partial charge in [0.25, 0.3) is 0 Å². The van der Waals surface area contributed by atoms with Crippen molar-refractivity contribution in [1.82, 2.24) is 0 Å². The van der Waals surface area contributed by atoms with Gasteiger partial charge in [0.1, 0.15) is 85.5 Å². The lowest BCUT2D eigenvalue weighted by atomic mass is 9.96.